The van der Waals surface area contributed by atoms with Gasteiger partial charge < -0.3 is 20.1 Å². The Balaban J connectivity index is 1.43. The van der Waals surface area contributed by atoms with Gasteiger partial charge in [-0.2, -0.15) is 0 Å². The second-order valence-electron chi connectivity index (χ2n) is 9.97. The van der Waals surface area contributed by atoms with Gasteiger partial charge in [0.1, 0.15) is 0 Å². The molecule has 0 bridgehead atoms. The van der Waals surface area contributed by atoms with Crippen LogP contribution < -0.4 is 10.6 Å². The van der Waals surface area contributed by atoms with Gasteiger partial charge >= 0.3 is 0 Å². The molecule has 3 heterocycles. The molecule has 2 aliphatic rings. The van der Waals surface area contributed by atoms with Crippen LogP contribution in [-0.4, -0.2) is 32.0 Å². The van der Waals surface area contributed by atoms with Crippen LogP contribution in [0.5, 0.6) is 0 Å². The number of pyridine rings is 1. The average molecular weight is 502 g/mol. The van der Waals surface area contributed by atoms with Gasteiger partial charge in [0.15, 0.2) is 5.11 Å². The van der Waals surface area contributed by atoms with Gasteiger partial charge in [-0.25, -0.2) is 0 Å². The minimum atomic E-state index is -0.0730. The highest BCUT2D eigenvalue weighted by molar-refractivity contribution is 7.80. The Labute approximate surface area is 219 Å². The van der Waals surface area contributed by atoms with E-state index in [0.29, 0.717) is 24.1 Å². The van der Waals surface area contributed by atoms with Crippen molar-refractivity contribution in [1.82, 2.24) is 19.8 Å². The summed E-state index contributed by atoms with van der Waals surface area (Å²) in [7, 11) is 0. The molecule has 188 valence electrons. The number of amides is 1. The predicted octanol–water partition coefficient (Wildman–Crippen LogP) is 6.01. The lowest BCUT2D eigenvalue weighted by atomic mass is 9.94. The number of hydrogen-bond donors (Lipinski definition) is 2. The molecule has 0 spiro atoms. The molecule has 36 heavy (non-hydrogen) atoms. The van der Waals surface area contributed by atoms with Crippen molar-refractivity contribution < 1.29 is 4.79 Å². The first kappa shape index (κ1) is 24.5. The van der Waals surface area contributed by atoms with Crippen LogP contribution in [0.1, 0.15) is 79.3 Å². The van der Waals surface area contributed by atoms with Gasteiger partial charge in [0.05, 0.1) is 17.8 Å². The molecule has 7 heteroatoms. The van der Waals surface area contributed by atoms with Crippen LogP contribution in [-0.2, 0) is 4.79 Å². The van der Waals surface area contributed by atoms with E-state index in [2.05, 4.69) is 51.1 Å². The molecule has 1 aromatic carbocycles. The second-order valence-corrected chi connectivity index (χ2v) is 10.4. The molecule has 2 aromatic heterocycles. The van der Waals surface area contributed by atoms with Crippen molar-refractivity contribution in [1.29, 1.82) is 0 Å². The molecular weight excluding hydrogens is 466 g/mol. The summed E-state index contributed by atoms with van der Waals surface area (Å²) in [5.41, 5.74) is 5.64. The third-order valence-corrected chi connectivity index (χ3v) is 7.97. The number of carbonyl (C=O) groups excluding carboxylic acids is 1. The summed E-state index contributed by atoms with van der Waals surface area (Å²) in [5.74, 6) is -0.0169. The van der Waals surface area contributed by atoms with E-state index in [1.165, 1.54) is 49.1 Å². The molecule has 3 aromatic rings. The van der Waals surface area contributed by atoms with Crippen molar-refractivity contribution in [2.45, 2.75) is 70.5 Å². The third kappa shape index (κ3) is 5.03. The molecule has 6 nitrogen and oxygen atoms in total. The molecule has 1 saturated heterocycles. The highest BCUT2D eigenvalue weighted by atomic mass is 32.1. The van der Waals surface area contributed by atoms with E-state index in [1.54, 1.807) is 0 Å². The molecule has 1 aliphatic carbocycles. The lowest BCUT2D eigenvalue weighted by Gasteiger charge is -2.29. The lowest BCUT2D eigenvalue weighted by molar-refractivity contribution is -0.116. The first-order valence-electron chi connectivity index (χ1n) is 13.0. The Morgan fingerprint density at radius 3 is 2.56 bits per heavy atom. The Kier molecular flexibility index (Phi) is 7.37. The first-order chi connectivity index (χ1) is 17.5. The number of benzene rings is 1. The zero-order valence-corrected chi connectivity index (χ0v) is 21.9. The number of aromatic nitrogens is 2. The van der Waals surface area contributed by atoms with E-state index < -0.39 is 0 Å². The van der Waals surface area contributed by atoms with Gasteiger partial charge in [-0.05, 0) is 74.8 Å². The molecule has 2 N–H and O–H groups in total. The maximum atomic E-state index is 12.8. The summed E-state index contributed by atoms with van der Waals surface area (Å²) >= 11 is 5.83. The Bertz CT molecular complexity index is 1200. The maximum absolute atomic E-state index is 12.8. The summed E-state index contributed by atoms with van der Waals surface area (Å²) in [6.07, 6.45) is 8.59. The van der Waals surface area contributed by atoms with Gasteiger partial charge in [0.25, 0.3) is 0 Å². The molecule has 0 radical (unpaired) electrons. The molecular formula is C29H35N5OS. The number of carbonyl (C=O) groups is 1. The van der Waals surface area contributed by atoms with Crippen LogP contribution in [0.25, 0.3) is 0 Å². The molecule has 5 rings (SSSR count). The van der Waals surface area contributed by atoms with Gasteiger partial charge in [-0.15, -0.1) is 0 Å². The van der Waals surface area contributed by atoms with E-state index in [1.807, 2.05) is 48.7 Å². The lowest BCUT2D eigenvalue weighted by Crippen LogP contribution is -2.33. The van der Waals surface area contributed by atoms with Crippen LogP contribution >= 0.6 is 12.2 Å². The monoisotopic (exact) mass is 501 g/mol. The zero-order chi connectivity index (χ0) is 25.1. The van der Waals surface area contributed by atoms with Crippen molar-refractivity contribution >= 4 is 28.9 Å². The normalized spacial score (nSPS) is 20.4. The topological polar surface area (TPSA) is 62.2 Å². The summed E-state index contributed by atoms with van der Waals surface area (Å²) < 4.78 is 2.55. The van der Waals surface area contributed by atoms with Crippen molar-refractivity contribution in [3.05, 3.63) is 83.4 Å². The molecule has 1 saturated carbocycles. The van der Waals surface area contributed by atoms with Crippen molar-refractivity contribution in [2.24, 2.45) is 0 Å². The minimum absolute atomic E-state index is 0.0169. The third-order valence-electron chi connectivity index (χ3n) is 7.62. The van der Waals surface area contributed by atoms with Gasteiger partial charge in [-0.1, -0.05) is 43.5 Å². The number of thiocarbonyl (C=S) groups is 1. The van der Waals surface area contributed by atoms with E-state index in [0.717, 1.165) is 11.4 Å². The zero-order valence-electron chi connectivity index (χ0n) is 21.1. The summed E-state index contributed by atoms with van der Waals surface area (Å²) in [5, 5.41) is 7.20. The van der Waals surface area contributed by atoms with E-state index >= 15 is 0 Å². The number of hydrogen-bond acceptors (Lipinski definition) is 3. The number of rotatable bonds is 7. The van der Waals surface area contributed by atoms with E-state index in [9.17, 15) is 4.79 Å². The molecule has 0 unspecified atom stereocenters. The SMILES string of the molecule is Cc1cc([C@H]2[C@@H](c3ccccn3)NC(=S)N2CCC(=O)Nc2ccccc2)c(C)n1C1CCCCC1. The van der Waals surface area contributed by atoms with Gasteiger partial charge in [0.2, 0.25) is 5.91 Å². The Morgan fingerprint density at radius 2 is 1.83 bits per heavy atom. The highest BCUT2D eigenvalue weighted by Crippen LogP contribution is 2.42. The molecule has 1 aliphatic heterocycles. The minimum Gasteiger partial charge on any atom is -0.352 e. The van der Waals surface area contributed by atoms with Crippen molar-refractivity contribution in [3.8, 4) is 0 Å². The van der Waals surface area contributed by atoms with Crippen molar-refractivity contribution in [3.63, 3.8) is 0 Å². The van der Waals surface area contributed by atoms with E-state index in [-0.39, 0.29) is 18.0 Å². The average Bonchev–Trinajstić information content (AvgIpc) is 3.38. The summed E-state index contributed by atoms with van der Waals surface area (Å²) in [6, 6.07) is 18.4. The van der Waals surface area contributed by atoms with Crippen LogP contribution in [0.2, 0.25) is 0 Å². The molecule has 2 atom stereocenters. The summed E-state index contributed by atoms with van der Waals surface area (Å²) in [4.78, 5) is 19.6. The number of nitrogens with zero attached hydrogens (tertiary/aromatic N) is 3. The Morgan fingerprint density at radius 1 is 1.08 bits per heavy atom. The predicted molar refractivity (Wildman–Crippen MR) is 148 cm³/mol. The van der Waals surface area contributed by atoms with Gasteiger partial charge in [0, 0.05) is 42.3 Å². The fourth-order valence-electron chi connectivity index (χ4n) is 5.95. The highest BCUT2D eigenvalue weighted by Gasteiger charge is 2.41. The summed E-state index contributed by atoms with van der Waals surface area (Å²) in [6.45, 7) is 5.00. The number of aryl methyl sites for hydroxylation is 1. The molecule has 2 fully saturated rings. The molecule has 1 amide bonds. The van der Waals surface area contributed by atoms with E-state index in [4.69, 9.17) is 12.2 Å². The van der Waals surface area contributed by atoms with Crippen LogP contribution in [0.15, 0.2) is 60.8 Å². The Hall–Kier alpha value is -3.19. The standard InChI is InChI=1S/C29H35N5OS/c1-20-19-24(21(2)34(20)23-13-7-4-8-14-23)28-27(25-15-9-10-17-30-25)32-29(36)33(28)18-16-26(35)31-22-11-5-3-6-12-22/h3,5-6,9-12,15,17,19,23,27-28H,4,7-8,13-14,16,18H2,1-2H3,(H,31,35)(H,32,36)/t27-,28+/m1/s1. The van der Waals surface area contributed by atoms with Crippen LogP contribution in [0.4, 0.5) is 5.69 Å². The number of nitrogens with one attached hydrogen (secondary N) is 2. The van der Waals surface area contributed by atoms with Crippen LogP contribution in [0.3, 0.4) is 0 Å². The smallest absolute Gasteiger partial charge is 0.226 e. The van der Waals surface area contributed by atoms with Crippen LogP contribution in [0, 0.1) is 13.8 Å². The fraction of sp³-hybridized carbons (Fsp3) is 0.414. The second kappa shape index (κ2) is 10.8. The maximum Gasteiger partial charge on any atom is 0.226 e. The first-order valence-corrected chi connectivity index (χ1v) is 13.4. The fourth-order valence-corrected chi connectivity index (χ4v) is 6.29. The quantitative estimate of drug-likeness (QED) is 0.389. The van der Waals surface area contributed by atoms with Crippen molar-refractivity contribution in [2.75, 3.05) is 11.9 Å². The number of para-hydroxylation sites is 1. The van der Waals surface area contributed by atoms with Gasteiger partial charge in [-0.3, -0.25) is 9.78 Å². The number of anilines is 1. The largest absolute Gasteiger partial charge is 0.352 e.